The molecule has 1 aromatic carbocycles. The third-order valence-corrected chi connectivity index (χ3v) is 7.45. The number of nitrogens with two attached hydrogens (primary N) is 2. The van der Waals surface area contributed by atoms with Gasteiger partial charge in [-0.2, -0.15) is 0 Å². The van der Waals surface area contributed by atoms with Gasteiger partial charge in [0, 0.05) is 19.1 Å². The second-order valence-corrected chi connectivity index (χ2v) is 9.23. The van der Waals surface area contributed by atoms with Crippen LogP contribution in [-0.2, 0) is 0 Å². The van der Waals surface area contributed by atoms with Crippen LogP contribution in [0, 0.1) is 11.7 Å². The highest BCUT2D eigenvalue weighted by Crippen LogP contribution is 2.48. The lowest BCUT2D eigenvalue weighted by Crippen LogP contribution is -2.24. The van der Waals surface area contributed by atoms with Gasteiger partial charge in [-0.05, 0) is 37.8 Å². The van der Waals surface area contributed by atoms with Gasteiger partial charge in [-0.3, -0.25) is 9.59 Å². The van der Waals surface area contributed by atoms with Crippen LogP contribution in [0.5, 0.6) is 11.5 Å². The molecule has 1 saturated carbocycles. The zero-order valence-electron chi connectivity index (χ0n) is 17.0. The quantitative estimate of drug-likeness (QED) is 0.552. The van der Waals surface area contributed by atoms with Crippen LogP contribution in [-0.4, -0.2) is 42.3 Å². The average Bonchev–Trinajstić information content (AvgIpc) is 3.35. The van der Waals surface area contributed by atoms with Crippen LogP contribution in [0.25, 0.3) is 21.1 Å². The Morgan fingerprint density at radius 2 is 2.13 bits per heavy atom. The normalized spacial score (nSPS) is 18.9. The van der Waals surface area contributed by atoms with E-state index in [0.29, 0.717) is 35.7 Å². The molecule has 1 aliphatic carbocycles. The number of ether oxygens (including phenoxy) is 1. The van der Waals surface area contributed by atoms with Gasteiger partial charge in [0.05, 0.1) is 18.0 Å². The number of rotatable bonds is 5. The smallest absolute Gasteiger partial charge is 0.262 e. The molecule has 1 saturated heterocycles. The number of carbonyl (C=O) groups is 1. The van der Waals surface area contributed by atoms with Crippen LogP contribution >= 0.6 is 11.3 Å². The first-order valence-electron chi connectivity index (χ1n) is 10.2. The molecule has 2 fully saturated rings. The highest BCUT2D eigenvalue weighted by Gasteiger charge is 2.35. The summed E-state index contributed by atoms with van der Waals surface area (Å²) in [5, 5.41) is 10.7. The van der Waals surface area contributed by atoms with E-state index in [1.807, 2.05) is 9.47 Å². The molecule has 5 rings (SSSR count). The number of benzene rings is 1. The molecule has 2 aliphatic rings. The molecule has 3 aromatic rings. The number of thiophene rings is 1. The standard InChI is InChI=1S/C21H23FN4O4S/c1-30-18-14-11(6-12(22)15(18)25-5-4-9(7-23)8-25)16(27)13-17(28)19(20(24)29)31-21(13)26(14)10-2-3-10/h6,9-10,28H,2-5,7-8,23H2,1H3,(H2,24,29)/t9-/m0/s1. The van der Waals surface area contributed by atoms with E-state index in [2.05, 4.69) is 0 Å². The van der Waals surface area contributed by atoms with E-state index in [0.717, 1.165) is 30.6 Å². The van der Waals surface area contributed by atoms with Crippen molar-refractivity contribution in [1.29, 1.82) is 0 Å². The van der Waals surface area contributed by atoms with Crippen molar-refractivity contribution in [1.82, 2.24) is 4.57 Å². The Balaban J connectivity index is 1.90. The van der Waals surface area contributed by atoms with Crippen LogP contribution < -0.4 is 26.5 Å². The molecule has 31 heavy (non-hydrogen) atoms. The van der Waals surface area contributed by atoms with Crippen molar-refractivity contribution in [2.24, 2.45) is 17.4 Å². The van der Waals surface area contributed by atoms with E-state index in [9.17, 15) is 14.7 Å². The number of hydrogen-bond donors (Lipinski definition) is 3. The number of fused-ring (bicyclic) bond motifs is 2. The molecule has 1 atom stereocenters. The summed E-state index contributed by atoms with van der Waals surface area (Å²) in [7, 11) is 1.46. The minimum Gasteiger partial charge on any atom is -0.505 e. The number of anilines is 1. The summed E-state index contributed by atoms with van der Waals surface area (Å²) >= 11 is 0.980. The number of hydrogen-bond acceptors (Lipinski definition) is 7. The van der Waals surface area contributed by atoms with E-state index in [4.69, 9.17) is 16.2 Å². The van der Waals surface area contributed by atoms with Crippen LogP contribution in [0.15, 0.2) is 10.9 Å². The highest BCUT2D eigenvalue weighted by atomic mass is 32.1. The predicted molar refractivity (Wildman–Crippen MR) is 118 cm³/mol. The Morgan fingerprint density at radius 3 is 2.71 bits per heavy atom. The SMILES string of the molecule is COc1c(N2CC[C@@H](CN)C2)c(F)cc2c(=O)c3c(O)c(C(N)=O)sc3n(C3CC3)c12. The topological polar surface area (TPSA) is 124 Å². The number of aromatic nitrogens is 1. The van der Waals surface area contributed by atoms with Gasteiger partial charge in [0.1, 0.15) is 20.8 Å². The van der Waals surface area contributed by atoms with Gasteiger partial charge in [-0.25, -0.2) is 4.39 Å². The first kappa shape index (κ1) is 20.1. The maximum Gasteiger partial charge on any atom is 0.262 e. The third-order valence-electron chi connectivity index (χ3n) is 6.25. The minimum atomic E-state index is -0.812. The molecule has 3 heterocycles. The first-order valence-corrected chi connectivity index (χ1v) is 11.0. The molecule has 0 unspecified atom stereocenters. The Kier molecular flexibility index (Phi) is 4.60. The molecule has 2 aromatic heterocycles. The van der Waals surface area contributed by atoms with Gasteiger partial charge < -0.3 is 30.8 Å². The zero-order chi connectivity index (χ0) is 22.0. The van der Waals surface area contributed by atoms with Crippen molar-refractivity contribution in [3.8, 4) is 11.5 Å². The fraction of sp³-hybridized carbons (Fsp3) is 0.429. The largest absolute Gasteiger partial charge is 0.505 e. The lowest BCUT2D eigenvalue weighted by molar-refractivity contribution is 0.100. The molecule has 0 spiro atoms. The Bertz CT molecular complexity index is 1300. The molecule has 0 radical (unpaired) electrons. The summed E-state index contributed by atoms with van der Waals surface area (Å²) in [6.07, 6.45) is 2.59. The lowest BCUT2D eigenvalue weighted by atomic mass is 10.1. The molecule has 0 bridgehead atoms. The fourth-order valence-electron chi connectivity index (χ4n) is 4.60. The molecule has 1 amide bonds. The number of carbonyl (C=O) groups excluding carboxylic acids is 1. The number of amides is 1. The van der Waals surface area contributed by atoms with Crippen molar-refractivity contribution in [3.63, 3.8) is 0 Å². The lowest BCUT2D eigenvalue weighted by Gasteiger charge is -2.24. The van der Waals surface area contributed by atoms with E-state index < -0.39 is 22.9 Å². The number of nitrogens with zero attached hydrogens (tertiary/aromatic N) is 2. The predicted octanol–water partition coefficient (Wildman–Crippen LogP) is 2.29. The first-order chi connectivity index (χ1) is 14.9. The van der Waals surface area contributed by atoms with E-state index in [1.165, 1.54) is 13.2 Å². The van der Waals surface area contributed by atoms with Crippen LogP contribution in [0.4, 0.5) is 10.1 Å². The molecule has 1 aliphatic heterocycles. The number of aromatic hydroxyl groups is 1. The summed E-state index contributed by atoms with van der Waals surface area (Å²) in [5.74, 6) is -1.27. The van der Waals surface area contributed by atoms with Gasteiger partial charge in [0.2, 0.25) is 5.43 Å². The van der Waals surface area contributed by atoms with E-state index >= 15 is 4.39 Å². The summed E-state index contributed by atoms with van der Waals surface area (Å²) in [4.78, 5) is 27.4. The van der Waals surface area contributed by atoms with Crippen molar-refractivity contribution in [3.05, 3.63) is 27.0 Å². The van der Waals surface area contributed by atoms with Crippen molar-refractivity contribution >= 4 is 44.1 Å². The molecular weight excluding hydrogens is 423 g/mol. The summed E-state index contributed by atoms with van der Waals surface area (Å²) < 4.78 is 23.0. The fourth-order valence-corrected chi connectivity index (χ4v) is 5.73. The van der Waals surface area contributed by atoms with Gasteiger partial charge in [-0.15, -0.1) is 11.3 Å². The Hall–Kier alpha value is -2.85. The van der Waals surface area contributed by atoms with Crippen molar-refractivity contribution in [2.45, 2.75) is 25.3 Å². The number of pyridine rings is 1. The van der Waals surface area contributed by atoms with Crippen LogP contribution in [0.1, 0.15) is 35.0 Å². The molecule has 8 nitrogen and oxygen atoms in total. The molecule has 10 heteroatoms. The average molecular weight is 447 g/mol. The number of methoxy groups -OCH3 is 1. The van der Waals surface area contributed by atoms with Crippen molar-refractivity contribution in [2.75, 3.05) is 31.6 Å². The van der Waals surface area contributed by atoms with Gasteiger partial charge >= 0.3 is 0 Å². The second kappa shape index (κ2) is 7.10. The second-order valence-electron chi connectivity index (χ2n) is 8.23. The maximum atomic E-state index is 15.4. The van der Waals surface area contributed by atoms with Crippen LogP contribution in [0.2, 0.25) is 0 Å². The monoisotopic (exact) mass is 446 g/mol. The Labute approximate surface area is 180 Å². The van der Waals surface area contributed by atoms with Crippen molar-refractivity contribution < 1.29 is 19.0 Å². The Morgan fingerprint density at radius 1 is 1.39 bits per heavy atom. The van der Waals surface area contributed by atoms with E-state index in [1.54, 1.807) is 0 Å². The molecular formula is C21H23FN4O4S. The van der Waals surface area contributed by atoms with Crippen LogP contribution in [0.3, 0.4) is 0 Å². The van der Waals surface area contributed by atoms with Gasteiger partial charge in [0.15, 0.2) is 17.3 Å². The highest BCUT2D eigenvalue weighted by molar-refractivity contribution is 7.21. The number of halogens is 1. The number of primary amides is 1. The van der Waals surface area contributed by atoms with E-state index in [-0.39, 0.29) is 33.4 Å². The molecule has 164 valence electrons. The van der Waals surface area contributed by atoms with Gasteiger partial charge in [0.25, 0.3) is 5.91 Å². The maximum absolute atomic E-state index is 15.4. The summed E-state index contributed by atoms with van der Waals surface area (Å²) in [6, 6.07) is 1.27. The van der Waals surface area contributed by atoms with Gasteiger partial charge in [-0.1, -0.05) is 0 Å². The summed E-state index contributed by atoms with van der Waals surface area (Å²) in [6.45, 7) is 1.77. The molecule has 5 N–H and O–H groups in total. The minimum absolute atomic E-state index is 0.00299. The zero-order valence-corrected chi connectivity index (χ0v) is 17.8. The summed E-state index contributed by atoms with van der Waals surface area (Å²) in [5.41, 5.74) is 11.5. The third kappa shape index (κ3) is 2.89.